The van der Waals surface area contributed by atoms with Crippen molar-refractivity contribution in [1.29, 1.82) is 0 Å². The van der Waals surface area contributed by atoms with Gasteiger partial charge in [0.2, 0.25) is 0 Å². The number of hydrogen-bond donors (Lipinski definition) is 1. The lowest BCUT2D eigenvalue weighted by Gasteiger charge is -2.17. The maximum atomic E-state index is 11.9. The van der Waals surface area contributed by atoms with E-state index in [1.807, 2.05) is 42.5 Å². The van der Waals surface area contributed by atoms with Crippen molar-refractivity contribution in [2.45, 2.75) is 6.10 Å². The van der Waals surface area contributed by atoms with Crippen molar-refractivity contribution < 1.29 is 9.53 Å². The highest BCUT2D eigenvalue weighted by molar-refractivity contribution is 6.30. The van der Waals surface area contributed by atoms with Crippen molar-refractivity contribution in [3.63, 3.8) is 0 Å². The van der Waals surface area contributed by atoms with Crippen LogP contribution in [0.3, 0.4) is 0 Å². The zero-order valence-electron chi connectivity index (χ0n) is 10.1. The van der Waals surface area contributed by atoms with Gasteiger partial charge in [-0.15, -0.1) is 0 Å². The quantitative estimate of drug-likeness (QED) is 0.866. The first-order valence-electron chi connectivity index (χ1n) is 6.03. The molecule has 1 amide bonds. The van der Waals surface area contributed by atoms with Gasteiger partial charge in [0.15, 0.2) is 0 Å². The minimum Gasteiger partial charge on any atom is -0.483 e. The summed E-state index contributed by atoms with van der Waals surface area (Å²) in [5.74, 6) is 0.504. The molecule has 0 aliphatic carbocycles. The zero-order valence-corrected chi connectivity index (χ0v) is 10.9. The summed E-state index contributed by atoms with van der Waals surface area (Å²) < 4.78 is 5.93. The molecule has 2 aromatic rings. The van der Waals surface area contributed by atoms with E-state index >= 15 is 0 Å². The molecule has 4 heteroatoms. The topological polar surface area (TPSA) is 38.3 Å². The molecule has 2 aromatic carbocycles. The van der Waals surface area contributed by atoms with Gasteiger partial charge < -0.3 is 10.1 Å². The molecule has 0 radical (unpaired) electrons. The lowest BCUT2D eigenvalue weighted by molar-refractivity contribution is 0.0951. The molecule has 3 rings (SSSR count). The van der Waals surface area contributed by atoms with Crippen LogP contribution in [0.2, 0.25) is 5.02 Å². The summed E-state index contributed by atoms with van der Waals surface area (Å²) in [7, 11) is 0. The Labute approximate surface area is 116 Å². The molecule has 0 saturated carbocycles. The lowest BCUT2D eigenvalue weighted by atomic mass is 10.1. The fraction of sp³-hybridized carbons (Fsp3) is 0.133. The molecule has 1 aliphatic heterocycles. The second-order valence-electron chi connectivity index (χ2n) is 4.36. The van der Waals surface area contributed by atoms with Crippen molar-refractivity contribution in [1.82, 2.24) is 5.32 Å². The van der Waals surface area contributed by atoms with Gasteiger partial charge in [-0.3, -0.25) is 4.79 Å². The van der Waals surface area contributed by atoms with Crippen molar-refractivity contribution in [3.8, 4) is 5.75 Å². The molecular formula is C15H12ClNO2. The summed E-state index contributed by atoms with van der Waals surface area (Å²) in [6.45, 7) is 0.440. The molecule has 1 aliphatic rings. The molecule has 3 nitrogen and oxygen atoms in total. The Morgan fingerprint density at radius 1 is 1.11 bits per heavy atom. The second-order valence-corrected chi connectivity index (χ2v) is 4.80. The molecule has 96 valence electrons. The summed E-state index contributed by atoms with van der Waals surface area (Å²) in [5, 5.41) is 3.55. The fourth-order valence-electron chi connectivity index (χ4n) is 2.10. The number of fused-ring (bicyclic) bond motifs is 1. The van der Waals surface area contributed by atoms with E-state index in [1.165, 1.54) is 0 Å². The zero-order chi connectivity index (χ0) is 13.2. The van der Waals surface area contributed by atoms with Crippen molar-refractivity contribution in [3.05, 3.63) is 64.7 Å². The minimum absolute atomic E-state index is 0.105. The van der Waals surface area contributed by atoms with Gasteiger partial charge in [0.1, 0.15) is 11.9 Å². The summed E-state index contributed by atoms with van der Waals surface area (Å²) in [5.41, 5.74) is 1.56. The highest BCUT2D eigenvalue weighted by atomic mass is 35.5. The Kier molecular flexibility index (Phi) is 3.13. The molecule has 0 spiro atoms. The van der Waals surface area contributed by atoms with Crippen LogP contribution in [0.5, 0.6) is 5.75 Å². The first-order chi connectivity index (χ1) is 9.24. The average molecular weight is 274 g/mol. The van der Waals surface area contributed by atoms with Crippen LogP contribution < -0.4 is 10.1 Å². The molecule has 1 unspecified atom stereocenters. The third kappa shape index (κ3) is 2.42. The summed E-state index contributed by atoms with van der Waals surface area (Å²) >= 11 is 5.88. The van der Waals surface area contributed by atoms with Crippen LogP contribution in [-0.4, -0.2) is 12.5 Å². The van der Waals surface area contributed by atoms with E-state index in [0.29, 0.717) is 22.9 Å². The largest absolute Gasteiger partial charge is 0.483 e. The Hall–Kier alpha value is -2.00. The number of ether oxygens (including phenoxy) is 1. The van der Waals surface area contributed by atoms with Gasteiger partial charge in [-0.05, 0) is 29.8 Å². The first kappa shape index (κ1) is 12.1. The first-order valence-corrected chi connectivity index (χ1v) is 6.41. The maximum absolute atomic E-state index is 11.9. The van der Waals surface area contributed by atoms with Gasteiger partial charge in [-0.1, -0.05) is 35.9 Å². The van der Waals surface area contributed by atoms with E-state index in [1.54, 1.807) is 6.07 Å². The Bertz CT molecular complexity index is 610. The summed E-state index contributed by atoms with van der Waals surface area (Å²) in [6, 6.07) is 14.7. The van der Waals surface area contributed by atoms with Crippen LogP contribution in [0.25, 0.3) is 0 Å². The Morgan fingerprint density at radius 2 is 1.84 bits per heavy atom. The molecule has 1 N–H and O–H groups in total. The van der Waals surface area contributed by atoms with Gasteiger partial charge in [-0.25, -0.2) is 0 Å². The fourth-order valence-corrected chi connectivity index (χ4v) is 2.22. The van der Waals surface area contributed by atoms with Crippen LogP contribution in [0.15, 0.2) is 48.5 Å². The molecule has 0 saturated heterocycles. The van der Waals surface area contributed by atoms with Gasteiger partial charge >= 0.3 is 0 Å². The molecule has 19 heavy (non-hydrogen) atoms. The minimum atomic E-state index is -0.204. The number of nitrogens with one attached hydrogen (secondary N) is 1. The summed E-state index contributed by atoms with van der Waals surface area (Å²) in [4.78, 5) is 11.9. The Balaban J connectivity index is 1.94. The normalized spacial score (nSPS) is 17.9. The highest BCUT2D eigenvalue weighted by Gasteiger charge is 2.23. The molecule has 0 bridgehead atoms. The van der Waals surface area contributed by atoms with Crippen molar-refractivity contribution in [2.75, 3.05) is 6.54 Å². The molecule has 0 aromatic heterocycles. The Morgan fingerprint density at radius 3 is 2.63 bits per heavy atom. The van der Waals surface area contributed by atoms with Crippen LogP contribution in [0, 0.1) is 0 Å². The average Bonchev–Trinajstić information content (AvgIpc) is 2.60. The van der Waals surface area contributed by atoms with E-state index in [-0.39, 0.29) is 12.0 Å². The smallest absolute Gasteiger partial charge is 0.255 e. The van der Waals surface area contributed by atoms with Crippen molar-refractivity contribution in [2.24, 2.45) is 0 Å². The van der Waals surface area contributed by atoms with Crippen LogP contribution in [0.4, 0.5) is 0 Å². The van der Waals surface area contributed by atoms with Crippen LogP contribution in [-0.2, 0) is 0 Å². The third-order valence-corrected chi connectivity index (χ3v) is 3.34. The SMILES string of the molecule is O=C1NCC(c2ccc(Cl)cc2)Oc2ccccc21. The predicted molar refractivity (Wildman–Crippen MR) is 73.6 cm³/mol. The molecule has 1 heterocycles. The van der Waals surface area contributed by atoms with Gasteiger partial charge in [0, 0.05) is 5.02 Å². The summed E-state index contributed by atoms with van der Waals surface area (Å²) in [6.07, 6.45) is -0.204. The van der Waals surface area contributed by atoms with E-state index in [0.717, 1.165) is 5.56 Å². The van der Waals surface area contributed by atoms with E-state index < -0.39 is 0 Å². The van der Waals surface area contributed by atoms with E-state index in [9.17, 15) is 4.79 Å². The lowest BCUT2D eigenvalue weighted by Crippen LogP contribution is -2.26. The monoisotopic (exact) mass is 273 g/mol. The second kappa shape index (κ2) is 4.94. The standard InChI is InChI=1S/C15H12ClNO2/c16-11-7-5-10(6-8-11)14-9-17-15(18)12-3-1-2-4-13(12)19-14/h1-8,14H,9H2,(H,17,18). The van der Waals surface area contributed by atoms with Gasteiger partial charge in [0.25, 0.3) is 5.91 Å². The number of hydrogen-bond acceptors (Lipinski definition) is 2. The highest BCUT2D eigenvalue weighted by Crippen LogP contribution is 2.28. The predicted octanol–water partition coefficient (Wildman–Crippen LogP) is 3.20. The number of benzene rings is 2. The number of carbonyl (C=O) groups excluding carboxylic acids is 1. The van der Waals surface area contributed by atoms with E-state index in [4.69, 9.17) is 16.3 Å². The third-order valence-electron chi connectivity index (χ3n) is 3.09. The number of amides is 1. The van der Waals surface area contributed by atoms with Gasteiger partial charge in [0.05, 0.1) is 12.1 Å². The maximum Gasteiger partial charge on any atom is 0.255 e. The number of para-hydroxylation sites is 1. The number of rotatable bonds is 1. The van der Waals surface area contributed by atoms with Crippen LogP contribution in [0.1, 0.15) is 22.0 Å². The van der Waals surface area contributed by atoms with E-state index in [2.05, 4.69) is 5.32 Å². The van der Waals surface area contributed by atoms with Crippen LogP contribution >= 0.6 is 11.6 Å². The molecule has 0 fully saturated rings. The molecular weight excluding hydrogens is 262 g/mol. The molecule has 1 atom stereocenters. The van der Waals surface area contributed by atoms with Gasteiger partial charge in [-0.2, -0.15) is 0 Å². The van der Waals surface area contributed by atoms with Crippen molar-refractivity contribution >= 4 is 17.5 Å². The number of halogens is 1. The number of carbonyl (C=O) groups is 1.